The lowest BCUT2D eigenvalue weighted by Gasteiger charge is -2.18. The third-order valence-corrected chi connectivity index (χ3v) is 4.05. The largest absolute Gasteiger partial charge is 0.516 e. The van der Waals surface area contributed by atoms with Crippen LogP contribution in [-0.2, 0) is 47.7 Å². The first-order valence-corrected chi connectivity index (χ1v) is 10.8. The number of hydrogen-bond donors (Lipinski definition) is 1. The van der Waals surface area contributed by atoms with Crippen LogP contribution in [0, 0.1) is 5.92 Å². The van der Waals surface area contributed by atoms with Crippen LogP contribution in [0.4, 0.5) is 10.5 Å². The van der Waals surface area contributed by atoms with E-state index in [9.17, 15) is 28.8 Å². The van der Waals surface area contributed by atoms with Crippen LogP contribution in [0.1, 0.15) is 40.5 Å². The maximum absolute atomic E-state index is 12.1. The Kier molecular flexibility index (Phi) is 13.0. The Morgan fingerprint density at radius 1 is 0.778 bits per heavy atom. The zero-order valence-electron chi connectivity index (χ0n) is 20.4. The zero-order valence-corrected chi connectivity index (χ0v) is 20.4. The summed E-state index contributed by atoms with van der Waals surface area (Å²) in [5.41, 5.74) is 0.513. The molecule has 0 saturated carbocycles. The molecule has 0 saturated heterocycles. The van der Waals surface area contributed by atoms with E-state index < -0.39 is 48.8 Å². The van der Waals surface area contributed by atoms with Crippen LogP contribution in [-0.4, -0.2) is 62.1 Å². The molecule has 13 heteroatoms. The van der Waals surface area contributed by atoms with Crippen molar-refractivity contribution >= 4 is 41.6 Å². The average molecular weight is 511 g/mol. The molecule has 1 aromatic carbocycles. The highest BCUT2D eigenvalue weighted by molar-refractivity contribution is 5.88. The van der Waals surface area contributed by atoms with Crippen molar-refractivity contribution in [2.45, 2.75) is 46.6 Å². The Morgan fingerprint density at radius 2 is 1.33 bits per heavy atom. The van der Waals surface area contributed by atoms with Gasteiger partial charge in [-0.25, -0.2) is 4.79 Å². The monoisotopic (exact) mass is 511 g/mol. The quantitative estimate of drug-likeness (QED) is 0.177. The van der Waals surface area contributed by atoms with E-state index in [0.29, 0.717) is 5.69 Å². The zero-order chi connectivity index (χ0) is 27.1. The van der Waals surface area contributed by atoms with E-state index in [2.05, 4.69) is 10.1 Å². The number of nitrogens with one attached hydrogen (secondary N) is 1. The van der Waals surface area contributed by atoms with Gasteiger partial charge in [0.2, 0.25) is 12.7 Å². The van der Waals surface area contributed by atoms with E-state index >= 15 is 0 Å². The number of carbonyl (C=O) groups is 6. The van der Waals surface area contributed by atoms with Gasteiger partial charge in [0, 0.05) is 39.3 Å². The van der Waals surface area contributed by atoms with Gasteiger partial charge in [0.1, 0.15) is 19.0 Å². The number of esters is 4. The second kappa shape index (κ2) is 15.7. The standard InChI is InChI=1S/C23H29NO12/c1-14(10-22(29)35-20(11-31-16(3)26)12-32-17(4)27)9-21(28)33-13-34-23(30)36-19-7-5-18(6-8-19)24-15(2)25/h5-8,14,20H,9-13H2,1-4H3,(H,24,25). The van der Waals surface area contributed by atoms with Gasteiger partial charge in [-0.15, -0.1) is 0 Å². The summed E-state index contributed by atoms with van der Waals surface area (Å²) in [6, 6.07) is 5.90. The minimum atomic E-state index is -1.11. The molecule has 0 heterocycles. The molecular formula is C23H29NO12. The molecule has 1 atom stereocenters. The SMILES string of the molecule is CC(=O)Nc1ccc(OC(=O)OCOC(=O)CC(C)CC(=O)OC(COC(C)=O)COC(C)=O)cc1. The first kappa shape index (κ1) is 29.9. The second-order valence-electron chi connectivity index (χ2n) is 7.57. The van der Waals surface area contributed by atoms with E-state index in [1.807, 2.05) is 0 Å². The Hall–Kier alpha value is -4.16. The fourth-order valence-corrected chi connectivity index (χ4v) is 2.55. The molecule has 1 unspecified atom stereocenters. The number of anilines is 1. The maximum Gasteiger partial charge on any atom is 0.516 e. The number of carbonyl (C=O) groups excluding carboxylic acids is 6. The van der Waals surface area contributed by atoms with Crippen LogP contribution >= 0.6 is 0 Å². The lowest BCUT2D eigenvalue weighted by molar-refractivity contribution is -0.166. The van der Waals surface area contributed by atoms with Crippen LogP contribution in [0.5, 0.6) is 5.75 Å². The molecule has 13 nitrogen and oxygen atoms in total. The molecule has 0 aromatic heterocycles. The predicted molar refractivity (Wildman–Crippen MR) is 120 cm³/mol. The lowest BCUT2D eigenvalue weighted by atomic mass is 10.0. The molecule has 0 bridgehead atoms. The summed E-state index contributed by atoms with van der Waals surface area (Å²) >= 11 is 0. The Morgan fingerprint density at radius 3 is 1.86 bits per heavy atom. The number of ether oxygens (including phenoxy) is 6. The highest BCUT2D eigenvalue weighted by Gasteiger charge is 2.21. The molecular weight excluding hydrogens is 482 g/mol. The molecule has 0 aliphatic carbocycles. The van der Waals surface area contributed by atoms with Gasteiger partial charge in [0.05, 0.1) is 0 Å². The summed E-state index contributed by atoms with van der Waals surface area (Å²) in [6.07, 6.45) is -2.47. The summed E-state index contributed by atoms with van der Waals surface area (Å²) in [4.78, 5) is 68.6. The summed E-state index contributed by atoms with van der Waals surface area (Å²) < 4.78 is 29.1. The first-order valence-electron chi connectivity index (χ1n) is 10.8. The number of rotatable bonds is 13. The first-order chi connectivity index (χ1) is 16.9. The van der Waals surface area contributed by atoms with Crippen molar-refractivity contribution in [3.8, 4) is 5.75 Å². The Labute approximate surface area is 207 Å². The highest BCUT2D eigenvalue weighted by Crippen LogP contribution is 2.16. The Balaban J connectivity index is 2.35. The Bertz CT molecular complexity index is 910. The lowest BCUT2D eigenvalue weighted by Crippen LogP contribution is -2.30. The van der Waals surface area contributed by atoms with Crippen molar-refractivity contribution in [1.29, 1.82) is 0 Å². The van der Waals surface area contributed by atoms with Gasteiger partial charge in [0.15, 0.2) is 6.10 Å². The van der Waals surface area contributed by atoms with E-state index in [4.69, 9.17) is 23.7 Å². The smallest absolute Gasteiger partial charge is 0.462 e. The predicted octanol–water partition coefficient (Wildman–Crippen LogP) is 2.12. The summed E-state index contributed by atoms with van der Waals surface area (Å²) in [7, 11) is 0. The van der Waals surface area contributed by atoms with Crippen molar-refractivity contribution in [1.82, 2.24) is 0 Å². The maximum atomic E-state index is 12.1. The molecule has 1 amide bonds. The number of hydrogen-bond acceptors (Lipinski definition) is 12. The molecule has 1 N–H and O–H groups in total. The minimum Gasteiger partial charge on any atom is -0.462 e. The van der Waals surface area contributed by atoms with Crippen molar-refractivity contribution in [2.75, 3.05) is 25.3 Å². The third-order valence-electron chi connectivity index (χ3n) is 4.05. The van der Waals surface area contributed by atoms with E-state index in [1.54, 1.807) is 6.92 Å². The van der Waals surface area contributed by atoms with Gasteiger partial charge < -0.3 is 33.7 Å². The van der Waals surface area contributed by atoms with Gasteiger partial charge in [0.25, 0.3) is 0 Å². The van der Waals surface area contributed by atoms with Crippen LogP contribution < -0.4 is 10.1 Å². The molecule has 36 heavy (non-hydrogen) atoms. The van der Waals surface area contributed by atoms with E-state index in [-0.39, 0.29) is 37.7 Å². The molecule has 0 aliphatic rings. The molecule has 0 aliphatic heterocycles. The summed E-state index contributed by atoms with van der Waals surface area (Å²) in [5.74, 6) is -3.24. The third kappa shape index (κ3) is 14.2. The van der Waals surface area contributed by atoms with E-state index in [0.717, 1.165) is 0 Å². The second-order valence-corrected chi connectivity index (χ2v) is 7.57. The molecule has 0 radical (unpaired) electrons. The van der Waals surface area contributed by atoms with Crippen molar-refractivity contribution < 1.29 is 57.2 Å². The number of amides is 1. The van der Waals surface area contributed by atoms with Gasteiger partial charge in [-0.1, -0.05) is 6.92 Å². The van der Waals surface area contributed by atoms with Gasteiger partial charge in [-0.3, -0.25) is 24.0 Å². The summed E-state index contributed by atoms with van der Waals surface area (Å²) in [6.45, 7) is 4.01. The van der Waals surface area contributed by atoms with Gasteiger partial charge >= 0.3 is 30.0 Å². The summed E-state index contributed by atoms with van der Waals surface area (Å²) in [5, 5.41) is 2.55. The van der Waals surface area contributed by atoms with Crippen LogP contribution in [0.3, 0.4) is 0 Å². The van der Waals surface area contributed by atoms with Crippen molar-refractivity contribution in [3.05, 3.63) is 24.3 Å². The fraction of sp³-hybridized carbons (Fsp3) is 0.478. The molecule has 1 aromatic rings. The molecule has 1 rings (SSSR count). The van der Waals surface area contributed by atoms with Crippen LogP contribution in [0.25, 0.3) is 0 Å². The topological polar surface area (TPSA) is 170 Å². The van der Waals surface area contributed by atoms with Gasteiger partial charge in [-0.05, 0) is 30.2 Å². The number of benzene rings is 1. The van der Waals surface area contributed by atoms with Gasteiger partial charge in [-0.2, -0.15) is 0 Å². The average Bonchev–Trinajstić information content (AvgIpc) is 2.76. The highest BCUT2D eigenvalue weighted by atomic mass is 16.8. The van der Waals surface area contributed by atoms with Crippen LogP contribution in [0.15, 0.2) is 24.3 Å². The van der Waals surface area contributed by atoms with Crippen molar-refractivity contribution in [2.24, 2.45) is 5.92 Å². The van der Waals surface area contributed by atoms with Crippen LogP contribution in [0.2, 0.25) is 0 Å². The molecule has 0 fully saturated rings. The minimum absolute atomic E-state index is 0.147. The van der Waals surface area contributed by atoms with Crippen molar-refractivity contribution in [3.63, 3.8) is 0 Å². The molecule has 0 spiro atoms. The van der Waals surface area contributed by atoms with E-state index in [1.165, 1.54) is 45.0 Å². The normalized spacial score (nSPS) is 11.0. The fourth-order valence-electron chi connectivity index (χ4n) is 2.55. The molecule has 198 valence electrons.